The Morgan fingerprint density at radius 1 is 1.22 bits per heavy atom. The van der Waals surface area contributed by atoms with Gasteiger partial charge in [0.1, 0.15) is 0 Å². The molecule has 0 aromatic carbocycles. The van der Waals surface area contributed by atoms with Crippen LogP contribution in [0.15, 0.2) is 5.16 Å². The molecule has 0 aliphatic carbocycles. The van der Waals surface area contributed by atoms with E-state index >= 15 is 0 Å². The van der Waals surface area contributed by atoms with Crippen molar-refractivity contribution in [3.8, 4) is 0 Å². The van der Waals surface area contributed by atoms with E-state index in [0.29, 0.717) is 0 Å². The Bertz CT molecular complexity index is 431. The van der Waals surface area contributed by atoms with E-state index in [1.807, 2.05) is 34.6 Å². The van der Waals surface area contributed by atoms with Crippen molar-refractivity contribution in [3.05, 3.63) is 17.0 Å². The summed E-state index contributed by atoms with van der Waals surface area (Å²) >= 11 is 1.63. The van der Waals surface area contributed by atoms with E-state index in [1.165, 1.54) is 0 Å². The van der Waals surface area contributed by atoms with Gasteiger partial charge in [-0.2, -0.15) is 0 Å². The van der Waals surface area contributed by atoms with E-state index in [1.54, 1.807) is 11.8 Å². The highest BCUT2D eigenvalue weighted by atomic mass is 32.2. The lowest BCUT2D eigenvalue weighted by Crippen LogP contribution is -2.31. The number of nitrogens with one attached hydrogen (secondary N) is 1. The second-order valence-electron chi connectivity index (χ2n) is 5.20. The Morgan fingerprint density at radius 2 is 1.72 bits per heavy atom. The van der Waals surface area contributed by atoms with Gasteiger partial charge in [-0.3, -0.25) is 5.41 Å². The smallest absolute Gasteiger partial charge is 0.187 e. The summed E-state index contributed by atoms with van der Waals surface area (Å²) < 4.78 is 0. The van der Waals surface area contributed by atoms with Crippen LogP contribution in [-0.2, 0) is 0 Å². The van der Waals surface area contributed by atoms with E-state index in [9.17, 15) is 0 Å². The zero-order chi connectivity index (χ0) is 13.9. The predicted molar refractivity (Wildman–Crippen MR) is 77.3 cm³/mol. The third kappa shape index (κ3) is 3.70. The molecule has 0 spiro atoms. The molecule has 0 saturated carbocycles. The van der Waals surface area contributed by atoms with Crippen LogP contribution in [0.3, 0.4) is 0 Å². The maximum Gasteiger partial charge on any atom is 0.187 e. The molecule has 5 heteroatoms. The molecule has 0 aliphatic heterocycles. The highest BCUT2D eigenvalue weighted by Crippen LogP contribution is 2.25. The van der Waals surface area contributed by atoms with Gasteiger partial charge in [-0.1, -0.05) is 25.6 Å². The number of thioether (sulfide) groups is 1. The number of amidine groups is 1. The predicted octanol–water partition coefficient (Wildman–Crippen LogP) is 2.85. The van der Waals surface area contributed by atoms with Gasteiger partial charge in [-0.25, -0.2) is 9.97 Å². The van der Waals surface area contributed by atoms with Crippen molar-refractivity contribution in [2.75, 3.05) is 5.75 Å². The minimum Gasteiger partial charge on any atom is -0.387 e. The number of hydrogen-bond acceptors (Lipinski definition) is 4. The summed E-state index contributed by atoms with van der Waals surface area (Å²) in [6.45, 7) is 10.0. The van der Waals surface area contributed by atoms with E-state index in [0.717, 1.165) is 34.3 Å². The maximum absolute atomic E-state index is 7.51. The number of rotatable bonds is 5. The standard InChI is InChI=1S/C13H22N4S/c1-8-9(2)16-12(17-10(8)3)18-7-6-13(4,5)11(14)15/h6-7H2,1-5H3,(H3,14,15). The molecule has 0 amide bonds. The molecule has 0 radical (unpaired) electrons. The molecular formula is C13H22N4S. The monoisotopic (exact) mass is 266 g/mol. The van der Waals surface area contributed by atoms with Gasteiger partial charge in [0.25, 0.3) is 0 Å². The quantitative estimate of drug-likeness (QED) is 0.372. The van der Waals surface area contributed by atoms with Crippen molar-refractivity contribution in [2.45, 2.75) is 46.2 Å². The van der Waals surface area contributed by atoms with Crippen molar-refractivity contribution in [1.82, 2.24) is 9.97 Å². The van der Waals surface area contributed by atoms with Crippen molar-refractivity contribution < 1.29 is 0 Å². The zero-order valence-electron chi connectivity index (χ0n) is 11.8. The summed E-state index contributed by atoms with van der Waals surface area (Å²) in [7, 11) is 0. The van der Waals surface area contributed by atoms with Gasteiger partial charge in [0.05, 0.1) is 5.84 Å². The van der Waals surface area contributed by atoms with Crippen LogP contribution in [0.2, 0.25) is 0 Å². The van der Waals surface area contributed by atoms with Crippen LogP contribution in [0, 0.1) is 31.6 Å². The molecule has 0 unspecified atom stereocenters. The molecule has 0 fully saturated rings. The summed E-state index contributed by atoms with van der Waals surface area (Å²) in [6.07, 6.45) is 0.850. The molecular weight excluding hydrogens is 244 g/mol. The SMILES string of the molecule is Cc1nc(SCCC(C)(C)C(=N)N)nc(C)c1C. The van der Waals surface area contributed by atoms with E-state index in [-0.39, 0.29) is 11.3 Å². The van der Waals surface area contributed by atoms with Gasteiger partial charge in [0.2, 0.25) is 0 Å². The van der Waals surface area contributed by atoms with E-state index in [2.05, 4.69) is 9.97 Å². The summed E-state index contributed by atoms with van der Waals surface area (Å²) in [6, 6.07) is 0. The van der Waals surface area contributed by atoms with Crippen LogP contribution < -0.4 is 5.73 Å². The van der Waals surface area contributed by atoms with Crippen LogP contribution in [0.5, 0.6) is 0 Å². The largest absolute Gasteiger partial charge is 0.387 e. The Hall–Kier alpha value is -1.10. The first-order chi connectivity index (χ1) is 8.24. The molecule has 0 atom stereocenters. The van der Waals surface area contributed by atoms with Gasteiger partial charge < -0.3 is 5.73 Å². The Labute approximate surface area is 113 Å². The number of nitrogens with two attached hydrogens (primary N) is 1. The molecule has 4 nitrogen and oxygen atoms in total. The van der Waals surface area contributed by atoms with Crippen LogP contribution >= 0.6 is 11.8 Å². The number of hydrogen-bond donors (Lipinski definition) is 2. The summed E-state index contributed by atoms with van der Waals surface area (Å²) in [5, 5.41) is 8.33. The molecule has 0 aliphatic rings. The third-order valence-electron chi connectivity index (χ3n) is 3.30. The number of aryl methyl sites for hydroxylation is 2. The van der Waals surface area contributed by atoms with Crippen molar-refractivity contribution in [3.63, 3.8) is 0 Å². The van der Waals surface area contributed by atoms with E-state index in [4.69, 9.17) is 11.1 Å². The first-order valence-corrected chi connectivity index (χ1v) is 7.02. The molecule has 100 valence electrons. The van der Waals surface area contributed by atoms with Gasteiger partial charge in [0, 0.05) is 22.6 Å². The Balaban J connectivity index is 2.63. The Kier molecular flexibility index (Phi) is 4.73. The minimum atomic E-state index is -0.248. The summed E-state index contributed by atoms with van der Waals surface area (Å²) in [5.41, 5.74) is 8.54. The van der Waals surface area contributed by atoms with Gasteiger partial charge >= 0.3 is 0 Å². The van der Waals surface area contributed by atoms with Crippen molar-refractivity contribution in [2.24, 2.45) is 11.1 Å². The van der Waals surface area contributed by atoms with Gasteiger partial charge in [-0.15, -0.1) is 0 Å². The first kappa shape index (κ1) is 15.0. The molecule has 18 heavy (non-hydrogen) atoms. The average molecular weight is 266 g/mol. The lowest BCUT2D eigenvalue weighted by molar-refractivity contribution is 0.500. The van der Waals surface area contributed by atoms with Gasteiger partial charge in [-0.05, 0) is 32.8 Å². The van der Waals surface area contributed by atoms with Crippen LogP contribution in [0.4, 0.5) is 0 Å². The van der Waals surface area contributed by atoms with Crippen molar-refractivity contribution >= 4 is 17.6 Å². The lowest BCUT2D eigenvalue weighted by Gasteiger charge is -2.22. The first-order valence-electron chi connectivity index (χ1n) is 6.03. The Morgan fingerprint density at radius 3 is 2.17 bits per heavy atom. The van der Waals surface area contributed by atoms with Gasteiger partial charge in [0.15, 0.2) is 5.16 Å². The molecule has 1 rings (SSSR count). The number of nitrogens with zero attached hydrogens (tertiary/aromatic N) is 2. The lowest BCUT2D eigenvalue weighted by atomic mass is 9.89. The van der Waals surface area contributed by atoms with Crippen LogP contribution in [-0.4, -0.2) is 21.6 Å². The fourth-order valence-corrected chi connectivity index (χ4v) is 2.54. The second kappa shape index (κ2) is 5.69. The molecule has 0 saturated heterocycles. The minimum absolute atomic E-state index is 0.236. The fourth-order valence-electron chi connectivity index (χ4n) is 1.34. The normalized spacial score (nSPS) is 11.6. The van der Waals surface area contributed by atoms with Crippen LogP contribution in [0.1, 0.15) is 37.2 Å². The maximum atomic E-state index is 7.51. The topological polar surface area (TPSA) is 75.7 Å². The highest BCUT2D eigenvalue weighted by Gasteiger charge is 2.21. The molecule has 3 N–H and O–H groups in total. The average Bonchev–Trinajstić information content (AvgIpc) is 2.25. The molecule has 1 aromatic rings. The second-order valence-corrected chi connectivity index (χ2v) is 6.26. The summed E-state index contributed by atoms with van der Waals surface area (Å²) in [5.74, 6) is 1.11. The fraction of sp³-hybridized carbons (Fsp3) is 0.615. The highest BCUT2D eigenvalue weighted by molar-refractivity contribution is 7.99. The van der Waals surface area contributed by atoms with Crippen molar-refractivity contribution in [1.29, 1.82) is 5.41 Å². The van der Waals surface area contributed by atoms with E-state index < -0.39 is 0 Å². The summed E-state index contributed by atoms with van der Waals surface area (Å²) in [4.78, 5) is 8.93. The molecule has 1 aromatic heterocycles. The van der Waals surface area contributed by atoms with Crippen LogP contribution in [0.25, 0.3) is 0 Å². The molecule has 0 bridgehead atoms. The molecule has 1 heterocycles. The third-order valence-corrected chi connectivity index (χ3v) is 4.15. The zero-order valence-corrected chi connectivity index (χ0v) is 12.6. The number of aromatic nitrogens is 2.